The molecule has 0 aliphatic carbocycles. The van der Waals surface area contributed by atoms with Crippen LogP contribution in [0.3, 0.4) is 0 Å². The number of carboxylic acid groups (broad SMARTS) is 1. The predicted molar refractivity (Wildman–Crippen MR) is 98.3 cm³/mol. The Morgan fingerprint density at radius 2 is 2.23 bits per heavy atom. The number of nitrogens with zero attached hydrogens (tertiary/aromatic N) is 2. The lowest BCUT2D eigenvalue weighted by atomic mass is 10.1. The second kappa shape index (κ2) is 6.95. The summed E-state index contributed by atoms with van der Waals surface area (Å²) < 4.78 is 5.69. The smallest absolute Gasteiger partial charge is 0.326 e. The van der Waals surface area contributed by atoms with Gasteiger partial charge in [-0.2, -0.15) is 0 Å². The summed E-state index contributed by atoms with van der Waals surface area (Å²) in [7, 11) is 0. The number of benzene rings is 1. The van der Waals surface area contributed by atoms with E-state index < -0.39 is 17.6 Å². The van der Waals surface area contributed by atoms with Gasteiger partial charge in [-0.25, -0.2) is 9.78 Å². The molecule has 0 radical (unpaired) electrons. The van der Waals surface area contributed by atoms with E-state index in [-0.39, 0.29) is 17.3 Å². The summed E-state index contributed by atoms with van der Waals surface area (Å²) in [4.78, 5) is 31.9. The standard InChI is InChI=1S/C17H21N5O4/c1-2-26-12-8-9(22-7-3-4-11(22)17(24)25)5-6-10(12)15-20-14(19)13(18)16(23)21-15/h5-6,8,11H,2-4,7,18H2,1H3,(H,24,25)(H3,19,20,21,23). The number of hydrogen-bond donors (Lipinski definition) is 4. The molecule has 1 fully saturated rings. The summed E-state index contributed by atoms with van der Waals surface area (Å²) in [5.74, 6) is -0.177. The van der Waals surface area contributed by atoms with Gasteiger partial charge >= 0.3 is 5.97 Å². The maximum absolute atomic E-state index is 11.9. The van der Waals surface area contributed by atoms with Gasteiger partial charge in [0.2, 0.25) is 0 Å². The number of carbonyl (C=O) groups is 1. The summed E-state index contributed by atoms with van der Waals surface area (Å²) in [6.07, 6.45) is 1.41. The zero-order valence-corrected chi connectivity index (χ0v) is 14.4. The van der Waals surface area contributed by atoms with Crippen LogP contribution in [0.5, 0.6) is 5.75 Å². The molecule has 1 aromatic carbocycles. The van der Waals surface area contributed by atoms with Crippen molar-refractivity contribution in [2.75, 3.05) is 29.5 Å². The normalized spacial score (nSPS) is 16.7. The molecule has 6 N–H and O–H groups in total. The van der Waals surface area contributed by atoms with Crippen LogP contribution >= 0.6 is 0 Å². The molecule has 0 bridgehead atoms. The SMILES string of the molecule is CCOc1cc(N2CCCC2C(=O)O)ccc1-c1nc(N)c(N)c(=O)[nH]1. The van der Waals surface area contributed by atoms with Crippen molar-refractivity contribution >= 4 is 23.2 Å². The lowest BCUT2D eigenvalue weighted by Gasteiger charge is -2.24. The minimum atomic E-state index is -0.846. The molecule has 26 heavy (non-hydrogen) atoms. The van der Waals surface area contributed by atoms with Gasteiger partial charge in [-0.15, -0.1) is 0 Å². The number of H-pyrrole nitrogens is 1. The van der Waals surface area contributed by atoms with E-state index in [2.05, 4.69) is 9.97 Å². The van der Waals surface area contributed by atoms with Crippen molar-refractivity contribution in [3.63, 3.8) is 0 Å². The number of ether oxygens (including phenoxy) is 1. The number of nitrogens with one attached hydrogen (secondary N) is 1. The molecule has 1 aliphatic heterocycles. The maximum Gasteiger partial charge on any atom is 0.326 e. The highest BCUT2D eigenvalue weighted by molar-refractivity contribution is 5.80. The molecule has 0 amide bonds. The second-order valence-corrected chi connectivity index (χ2v) is 6.02. The van der Waals surface area contributed by atoms with Crippen LogP contribution in [0.25, 0.3) is 11.4 Å². The number of hydrogen-bond acceptors (Lipinski definition) is 7. The van der Waals surface area contributed by atoms with Gasteiger partial charge in [0, 0.05) is 18.3 Å². The Bertz CT molecular complexity index is 895. The van der Waals surface area contributed by atoms with E-state index in [1.165, 1.54) is 0 Å². The molecule has 1 saturated heterocycles. The number of nitrogens with two attached hydrogens (primary N) is 2. The Morgan fingerprint density at radius 1 is 1.46 bits per heavy atom. The summed E-state index contributed by atoms with van der Waals surface area (Å²) in [6, 6.07) is 4.71. The first-order chi connectivity index (χ1) is 12.4. The van der Waals surface area contributed by atoms with Crippen molar-refractivity contribution < 1.29 is 14.6 Å². The third-order valence-corrected chi connectivity index (χ3v) is 4.37. The monoisotopic (exact) mass is 359 g/mol. The molecule has 9 heteroatoms. The van der Waals surface area contributed by atoms with E-state index >= 15 is 0 Å². The van der Waals surface area contributed by atoms with Crippen molar-refractivity contribution in [3.8, 4) is 17.1 Å². The van der Waals surface area contributed by atoms with Gasteiger partial charge in [-0.3, -0.25) is 4.79 Å². The van der Waals surface area contributed by atoms with Gasteiger partial charge in [-0.1, -0.05) is 0 Å². The lowest BCUT2D eigenvalue weighted by Crippen LogP contribution is -2.35. The van der Waals surface area contributed by atoms with Gasteiger partial charge in [-0.05, 0) is 31.9 Å². The molecule has 1 atom stereocenters. The van der Waals surface area contributed by atoms with E-state index in [1.54, 1.807) is 18.2 Å². The Morgan fingerprint density at radius 3 is 2.88 bits per heavy atom. The van der Waals surface area contributed by atoms with Gasteiger partial charge in [0.15, 0.2) is 5.82 Å². The van der Waals surface area contributed by atoms with Crippen molar-refractivity contribution in [2.45, 2.75) is 25.8 Å². The number of aromatic amines is 1. The summed E-state index contributed by atoms with van der Waals surface area (Å²) in [6.45, 7) is 2.89. The van der Waals surface area contributed by atoms with Gasteiger partial charge < -0.3 is 31.2 Å². The van der Waals surface area contributed by atoms with Crippen molar-refractivity contribution in [1.82, 2.24) is 9.97 Å². The molecule has 0 saturated carbocycles. The molecule has 2 heterocycles. The molecule has 1 aliphatic rings. The van der Waals surface area contributed by atoms with Gasteiger partial charge in [0.25, 0.3) is 5.56 Å². The first-order valence-electron chi connectivity index (χ1n) is 8.34. The molecule has 0 spiro atoms. The van der Waals surface area contributed by atoms with Gasteiger partial charge in [0.05, 0.1) is 12.2 Å². The lowest BCUT2D eigenvalue weighted by molar-refractivity contribution is -0.138. The van der Waals surface area contributed by atoms with E-state index in [4.69, 9.17) is 16.2 Å². The summed E-state index contributed by atoms with van der Waals surface area (Å²) in [5.41, 5.74) is 11.9. The number of anilines is 3. The molecular formula is C17H21N5O4. The largest absolute Gasteiger partial charge is 0.493 e. The Labute approximate surface area is 149 Å². The van der Waals surface area contributed by atoms with Crippen LogP contribution in [0.15, 0.2) is 23.0 Å². The maximum atomic E-state index is 11.9. The minimum Gasteiger partial charge on any atom is -0.493 e. The van der Waals surface area contributed by atoms with Crippen LogP contribution in [0.1, 0.15) is 19.8 Å². The summed E-state index contributed by atoms with van der Waals surface area (Å²) >= 11 is 0. The van der Waals surface area contributed by atoms with Crippen LogP contribution in [-0.2, 0) is 4.79 Å². The third-order valence-electron chi connectivity index (χ3n) is 4.37. The molecule has 9 nitrogen and oxygen atoms in total. The topological polar surface area (TPSA) is 148 Å². The molecule has 1 aromatic heterocycles. The van der Waals surface area contributed by atoms with E-state index in [1.807, 2.05) is 11.8 Å². The Kier molecular flexibility index (Phi) is 4.70. The van der Waals surface area contributed by atoms with E-state index in [0.29, 0.717) is 30.9 Å². The van der Waals surface area contributed by atoms with Crippen LogP contribution in [0, 0.1) is 0 Å². The first kappa shape index (κ1) is 17.6. The second-order valence-electron chi connectivity index (χ2n) is 6.02. The minimum absolute atomic E-state index is 0.0549. The highest BCUT2D eigenvalue weighted by atomic mass is 16.5. The third kappa shape index (κ3) is 3.15. The number of nitrogen functional groups attached to an aromatic ring is 2. The van der Waals surface area contributed by atoms with Gasteiger partial charge in [0.1, 0.15) is 23.3 Å². The van der Waals surface area contributed by atoms with Crippen LogP contribution in [0.4, 0.5) is 17.2 Å². The average Bonchev–Trinajstić information content (AvgIpc) is 3.09. The number of carboxylic acids is 1. The predicted octanol–water partition coefficient (Wildman–Crippen LogP) is 1.05. The Hall–Kier alpha value is -3.23. The van der Waals surface area contributed by atoms with E-state index in [9.17, 15) is 14.7 Å². The zero-order valence-electron chi connectivity index (χ0n) is 14.4. The fourth-order valence-electron chi connectivity index (χ4n) is 3.12. The number of aliphatic carboxylic acids is 1. The Balaban J connectivity index is 2.05. The van der Waals surface area contributed by atoms with Crippen LogP contribution in [0.2, 0.25) is 0 Å². The highest BCUT2D eigenvalue weighted by Gasteiger charge is 2.31. The molecule has 3 rings (SSSR count). The quantitative estimate of drug-likeness (QED) is 0.619. The van der Waals surface area contributed by atoms with Crippen LogP contribution in [-0.4, -0.2) is 40.2 Å². The fraction of sp³-hybridized carbons (Fsp3) is 0.353. The average molecular weight is 359 g/mol. The first-order valence-corrected chi connectivity index (χ1v) is 8.34. The highest BCUT2D eigenvalue weighted by Crippen LogP contribution is 2.35. The van der Waals surface area contributed by atoms with Crippen molar-refractivity contribution in [3.05, 3.63) is 28.6 Å². The van der Waals surface area contributed by atoms with E-state index in [0.717, 1.165) is 12.1 Å². The van der Waals surface area contributed by atoms with Crippen LogP contribution < -0.4 is 26.7 Å². The molecular weight excluding hydrogens is 338 g/mol. The number of aromatic nitrogens is 2. The molecule has 2 aromatic rings. The fourth-order valence-corrected chi connectivity index (χ4v) is 3.12. The number of rotatable bonds is 5. The zero-order chi connectivity index (χ0) is 18.8. The van der Waals surface area contributed by atoms with Crippen molar-refractivity contribution in [1.29, 1.82) is 0 Å². The van der Waals surface area contributed by atoms with Crippen molar-refractivity contribution in [2.24, 2.45) is 0 Å². The summed E-state index contributed by atoms with van der Waals surface area (Å²) in [5, 5.41) is 9.39. The molecule has 1 unspecified atom stereocenters. The molecule has 138 valence electrons.